The van der Waals surface area contributed by atoms with Crippen molar-refractivity contribution in [1.82, 2.24) is 4.90 Å². The molecule has 1 aromatic rings. The summed E-state index contributed by atoms with van der Waals surface area (Å²) in [5.41, 5.74) is 1.40. The lowest BCUT2D eigenvalue weighted by molar-refractivity contribution is 0.0221. The highest BCUT2D eigenvalue weighted by Gasteiger charge is 2.35. The molecule has 1 heterocycles. The molecule has 1 saturated heterocycles. The highest BCUT2D eigenvalue weighted by Crippen LogP contribution is 2.37. The molecule has 2 unspecified atom stereocenters. The Labute approximate surface area is 96.9 Å². The highest BCUT2D eigenvalue weighted by atomic mass is 16.3. The van der Waals surface area contributed by atoms with Gasteiger partial charge in [-0.1, -0.05) is 30.3 Å². The van der Waals surface area contributed by atoms with Crippen LogP contribution in [0, 0.1) is 5.92 Å². The van der Waals surface area contributed by atoms with Crippen molar-refractivity contribution in [1.29, 1.82) is 0 Å². The average Bonchev–Trinajstić information content (AvgIpc) is 3.09. The number of likely N-dealkylation sites (tertiary alicyclic amines) is 1. The van der Waals surface area contributed by atoms with Crippen LogP contribution in [0.4, 0.5) is 0 Å². The van der Waals surface area contributed by atoms with Crippen LogP contribution in [0.2, 0.25) is 0 Å². The van der Waals surface area contributed by atoms with E-state index >= 15 is 0 Å². The Balaban J connectivity index is 1.60. The monoisotopic (exact) mass is 217 g/mol. The molecule has 0 amide bonds. The zero-order valence-corrected chi connectivity index (χ0v) is 9.55. The smallest absolute Gasteiger partial charge is 0.0695 e. The first-order valence-corrected chi connectivity index (χ1v) is 6.31. The molecule has 16 heavy (non-hydrogen) atoms. The first kappa shape index (κ1) is 10.3. The van der Waals surface area contributed by atoms with Crippen LogP contribution in [0.3, 0.4) is 0 Å². The normalized spacial score (nSPS) is 27.4. The maximum atomic E-state index is 9.95. The molecule has 0 radical (unpaired) electrons. The fourth-order valence-corrected chi connectivity index (χ4v) is 2.58. The topological polar surface area (TPSA) is 23.5 Å². The van der Waals surface area contributed by atoms with E-state index in [0.29, 0.717) is 12.0 Å². The Morgan fingerprint density at radius 2 is 1.94 bits per heavy atom. The lowest BCUT2D eigenvalue weighted by Gasteiger charge is -2.42. The van der Waals surface area contributed by atoms with Crippen molar-refractivity contribution < 1.29 is 5.11 Å². The van der Waals surface area contributed by atoms with Crippen LogP contribution in [0.15, 0.2) is 30.3 Å². The number of hydrogen-bond acceptors (Lipinski definition) is 2. The number of aliphatic hydroxyl groups is 1. The van der Waals surface area contributed by atoms with Gasteiger partial charge < -0.3 is 5.11 Å². The first-order chi connectivity index (χ1) is 7.84. The summed E-state index contributed by atoms with van der Waals surface area (Å²) in [7, 11) is 0. The molecule has 1 aromatic carbocycles. The van der Waals surface area contributed by atoms with E-state index in [9.17, 15) is 5.11 Å². The van der Waals surface area contributed by atoms with E-state index in [1.54, 1.807) is 0 Å². The van der Waals surface area contributed by atoms with Crippen LogP contribution in [0.5, 0.6) is 0 Å². The molecular weight excluding hydrogens is 198 g/mol. The predicted octanol–water partition coefficient (Wildman–Crippen LogP) is 2.20. The maximum Gasteiger partial charge on any atom is 0.0695 e. The number of nitrogens with zero attached hydrogens (tertiary/aromatic N) is 1. The van der Waals surface area contributed by atoms with Gasteiger partial charge in [-0.15, -0.1) is 0 Å². The molecular formula is C14H19NO. The quantitative estimate of drug-likeness (QED) is 0.835. The van der Waals surface area contributed by atoms with Gasteiger partial charge in [-0.3, -0.25) is 4.90 Å². The maximum absolute atomic E-state index is 9.95. The minimum Gasteiger partial charge on any atom is -0.392 e. The summed E-state index contributed by atoms with van der Waals surface area (Å²) in [6.45, 7) is 2.01. The standard InChI is InChI=1S/C14H19NO/c16-14(12-6-7-12)10-15-9-8-13(15)11-4-2-1-3-5-11/h1-5,12-14,16H,6-10H2. The zero-order chi connectivity index (χ0) is 11.0. The molecule has 0 aromatic heterocycles. The van der Waals surface area contributed by atoms with Crippen LogP contribution in [0.25, 0.3) is 0 Å². The van der Waals surface area contributed by atoms with Crippen LogP contribution in [0.1, 0.15) is 30.9 Å². The molecule has 2 fully saturated rings. The van der Waals surface area contributed by atoms with E-state index in [0.717, 1.165) is 13.1 Å². The molecule has 3 rings (SSSR count). The third kappa shape index (κ3) is 2.00. The number of aliphatic hydroxyl groups excluding tert-OH is 1. The van der Waals surface area contributed by atoms with E-state index < -0.39 is 0 Å². The largest absolute Gasteiger partial charge is 0.392 e. The van der Waals surface area contributed by atoms with Gasteiger partial charge in [0.05, 0.1) is 6.10 Å². The lowest BCUT2D eigenvalue weighted by atomic mass is 9.94. The van der Waals surface area contributed by atoms with Gasteiger partial charge in [-0.25, -0.2) is 0 Å². The van der Waals surface area contributed by atoms with E-state index in [-0.39, 0.29) is 6.10 Å². The van der Waals surface area contributed by atoms with Crippen LogP contribution >= 0.6 is 0 Å². The molecule has 86 valence electrons. The van der Waals surface area contributed by atoms with Gasteiger partial charge in [0.25, 0.3) is 0 Å². The second kappa shape index (κ2) is 4.19. The molecule has 1 aliphatic carbocycles. The van der Waals surface area contributed by atoms with Gasteiger partial charge in [0.1, 0.15) is 0 Å². The van der Waals surface area contributed by atoms with Crippen molar-refractivity contribution in [3.8, 4) is 0 Å². The minimum atomic E-state index is -0.0912. The zero-order valence-electron chi connectivity index (χ0n) is 9.55. The Kier molecular flexibility index (Phi) is 2.70. The SMILES string of the molecule is OC(CN1CCC1c1ccccc1)C1CC1. The summed E-state index contributed by atoms with van der Waals surface area (Å²) in [5.74, 6) is 0.594. The molecule has 2 atom stereocenters. The van der Waals surface area contributed by atoms with Gasteiger partial charge in [0.15, 0.2) is 0 Å². The van der Waals surface area contributed by atoms with Crippen molar-refractivity contribution in [2.75, 3.05) is 13.1 Å². The minimum absolute atomic E-state index is 0.0912. The molecule has 0 bridgehead atoms. The summed E-state index contributed by atoms with van der Waals surface area (Å²) in [4.78, 5) is 2.42. The molecule has 1 saturated carbocycles. The molecule has 1 N–H and O–H groups in total. The fraction of sp³-hybridized carbons (Fsp3) is 0.571. The predicted molar refractivity (Wildman–Crippen MR) is 64.1 cm³/mol. The third-order valence-electron chi connectivity index (χ3n) is 3.90. The molecule has 1 aliphatic heterocycles. The summed E-state index contributed by atoms with van der Waals surface area (Å²) < 4.78 is 0. The summed E-state index contributed by atoms with van der Waals surface area (Å²) in [6.07, 6.45) is 3.60. The fourth-order valence-electron chi connectivity index (χ4n) is 2.58. The van der Waals surface area contributed by atoms with Crippen LogP contribution in [-0.2, 0) is 0 Å². The van der Waals surface area contributed by atoms with Crippen LogP contribution in [-0.4, -0.2) is 29.2 Å². The van der Waals surface area contributed by atoms with Crippen molar-refractivity contribution in [2.45, 2.75) is 31.4 Å². The molecule has 2 aliphatic rings. The first-order valence-electron chi connectivity index (χ1n) is 6.31. The Morgan fingerprint density at radius 3 is 2.50 bits per heavy atom. The third-order valence-corrected chi connectivity index (χ3v) is 3.90. The van der Waals surface area contributed by atoms with Crippen molar-refractivity contribution in [3.05, 3.63) is 35.9 Å². The van der Waals surface area contributed by atoms with E-state index in [1.165, 1.54) is 24.8 Å². The van der Waals surface area contributed by atoms with Gasteiger partial charge in [0, 0.05) is 19.1 Å². The number of benzene rings is 1. The van der Waals surface area contributed by atoms with Crippen molar-refractivity contribution in [2.24, 2.45) is 5.92 Å². The molecule has 2 heteroatoms. The second-order valence-corrected chi connectivity index (χ2v) is 5.11. The van der Waals surface area contributed by atoms with Gasteiger partial charge in [0.2, 0.25) is 0 Å². The number of β-amino-alcohol motifs (C(OH)–C–C–N with tert-alkyl or cyclic N) is 1. The molecule has 2 nitrogen and oxygen atoms in total. The van der Waals surface area contributed by atoms with E-state index in [2.05, 4.69) is 35.2 Å². The summed E-state index contributed by atoms with van der Waals surface area (Å²) in [5, 5.41) is 9.95. The Hall–Kier alpha value is -0.860. The summed E-state index contributed by atoms with van der Waals surface area (Å²) in [6, 6.07) is 11.2. The average molecular weight is 217 g/mol. The number of rotatable bonds is 4. The Morgan fingerprint density at radius 1 is 1.19 bits per heavy atom. The van der Waals surface area contributed by atoms with Crippen molar-refractivity contribution in [3.63, 3.8) is 0 Å². The second-order valence-electron chi connectivity index (χ2n) is 5.11. The number of hydrogen-bond donors (Lipinski definition) is 1. The van der Waals surface area contributed by atoms with Crippen molar-refractivity contribution >= 4 is 0 Å². The Bertz CT molecular complexity index is 347. The van der Waals surface area contributed by atoms with Gasteiger partial charge in [-0.05, 0) is 30.7 Å². The lowest BCUT2D eigenvalue weighted by Crippen LogP contribution is -2.45. The van der Waals surface area contributed by atoms with E-state index in [4.69, 9.17) is 0 Å². The highest BCUT2D eigenvalue weighted by molar-refractivity contribution is 5.21. The van der Waals surface area contributed by atoms with Crippen LogP contribution < -0.4 is 0 Å². The molecule has 0 spiro atoms. The summed E-state index contributed by atoms with van der Waals surface area (Å²) >= 11 is 0. The van der Waals surface area contributed by atoms with Gasteiger partial charge in [-0.2, -0.15) is 0 Å². The van der Waals surface area contributed by atoms with E-state index in [1.807, 2.05) is 0 Å². The van der Waals surface area contributed by atoms with Gasteiger partial charge >= 0.3 is 0 Å².